The summed E-state index contributed by atoms with van der Waals surface area (Å²) >= 11 is 1.26. The topological polar surface area (TPSA) is 95.1 Å². The maximum absolute atomic E-state index is 11.9. The molecule has 2 heterocycles. The monoisotopic (exact) mass is 265 g/mol. The van der Waals surface area contributed by atoms with Crippen LogP contribution in [-0.4, -0.2) is 27.0 Å². The molecule has 1 amide bonds. The second-order valence-corrected chi connectivity index (χ2v) is 4.94. The van der Waals surface area contributed by atoms with Crippen LogP contribution in [0.4, 0.5) is 5.69 Å². The van der Waals surface area contributed by atoms with Gasteiger partial charge in [-0.15, -0.1) is 11.3 Å². The van der Waals surface area contributed by atoms with Crippen LogP contribution in [0.5, 0.6) is 0 Å². The third-order valence-electron chi connectivity index (χ3n) is 2.38. The lowest BCUT2D eigenvalue weighted by molar-refractivity contribution is 0.0697. The van der Waals surface area contributed by atoms with Crippen molar-refractivity contribution in [3.05, 3.63) is 33.5 Å². The van der Waals surface area contributed by atoms with E-state index >= 15 is 0 Å². The molecule has 0 saturated heterocycles. The molecule has 0 aromatic carbocycles. The molecule has 6 nitrogen and oxygen atoms in total. The van der Waals surface area contributed by atoms with Crippen LogP contribution >= 0.6 is 11.3 Å². The number of anilines is 1. The number of aromatic amines is 1. The maximum Gasteiger partial charge on any atom is 0.339 e. The molecule has 18 heavy (non-hydrogen) atoms. The number of H-pyrrole nitrogens is 1. The minimum Gasteiger partial charge on any atom is -0.478 e. The Bertz CT molecular complexity index is 615. The van der Waals surface area contributed by atoms with Crippen molar-refractivity contribution in [1.29, 1.82) is 0 Å². The second kappa shape index (κ2) is 4.61. The zero-order valence-electron chi connectivity index (χ0n) is 9.77. The smallest absolute Gasteiger partial charge is 0.339 e. The first-order valence-electron chi connectivity index (χ1n) is 5.14. The highest BCUT2D eigenvalue weighted by molar-refractivity contribution is 7.13. The minimum atomic E-state index is -1.08. The molecule has 2 aromatic rings. The Labute approximate surface area is 107 Å². The van der Waals surface area contributed by atoms with Crippen LogP contribution in [-0.2, 0) is 0 Å². The van der Waals surface area contributed by atoms with E-state index in [1.807, 2.05) is 0 Å². The van der Waals surface area contributed by atoms with E-state index in [0.717, 1.165) is 5.01 Å². The fourth-order valence-corrected chi connectivity index (χ4v) is 2.22. The van der Waals surface area contributed by atoms with Crippen molar-refractivity contribution in [3.8, 4) is 0 Å². The van der Waals surface area contributed by atoms with Crippen molar-refractivity contribution in [2.75, 3.05) is 5.32 Å². The summed E-state index contributed by atoms with van der Waals surface area (Å²) < 4.78 is 0. The predicted octanol–water partition coefficient (Wildman–Crippen LogP) is 2.04. The van der Waals surface area contributed by atoms with E-state index in [1.165, 1.54) is 23.7 Å². The lowest BCUT2D eigenvalue weighted by Gasteiger charge is -2.02. The van der Waals surface area contributed by atoms with Crippen LogP contribution in [0.1, 0.15) is 30.7 Å². The summed E-state index contributed by atoms with van der Waals surface area (Å²) in [6.07, 6.45) is 2.93. The van der Waals surface area contributed by atoms with E-state index in [4.69, 9.17) is 5.11 Å². The van der Waals surface area contributed by atoms with Gasteiger partial charge in [-0.1, -0.05) is 0 Å². The SMILES string of the molecule is Cc1ncc(C(=O)Nc2c[nH]c(C)c2C(=O)O)s1. The van der Waals surface area contributed by atoms with Gasteiger partial charge in [0.05, 0.1) is 16.9 Å². The average molecular weight is 265 g/mol. The molecule has 0 aliphatic rings. The van der Waals surface area contributed by atoms with Crippen LogP contribution in [0.2, 0.25) is 0 Å². The molecule has 0 fully saturated rings. The summed E-state index contributed by atoms with van der Waals surface area (Å²) in [6, 6.07) is 0. The minimum absolute atomic E-state index is 0.0737. The lowest BCUT2D eigenvalue weighted by Crippen LogP contribution is -2.12. The highest BCUT2D eigenvalue weighted by Crippen LogP contribution is 2.21. The Morgan fingerprint density at radius 1 is 1.44 bits per heavy atom. The largest absolute Gasteiger partial charge is 0.478 e. The summed E-state index contributed by atoms with van der Waals surface area (Å²) in [4.78, 5) is 30.1. The number of carboxylic acids is 1. The van der Waals surface area contributed by atoms with Gasteiger partial charge in [-0.05, 0) is 13.8 Å². The number of carbonyl (C=O) groups excluding carboxylic acids is 1. The zero-order chi connectivity index (χ0) is 13.3. The van der Waals surface area contributed by atoms with Crippen molar-refractivity contribution in [1.82, 2.24) is 9.97 Å². The molecular weight excluding hydrogens is 254 g/mol. The number of rotatable bonds is 3. The van der Waals surface area contributed by atoms with Crippen LogP contribution in [0.3, 0.4) is 0 Å². The van der Waals surface area contributed by atoms with Gasteiger partial charge in [0.1, 0.15) is 10.4 Å². The summed E-state index contributed by atoms with van der Waals surface area (Å²) in [7, 11) is 0. The van der Waals surface area contributed by atoms with E-state index in [1.54, 1.807) is 13.8 Å². The third-order valence-corrected chi connectivity index (χ3v) is 3.30. The highest BCUT2D eigenvalue weighted by Gasteiger charge is 2.18. The first kappa shape index (κ1) is 12.3. The van der Waals surface area contributed by atoms with Crippen LogP contribution in [0.25, 0.3) is 0 Å². The molecule has 0 radical (unpaired) electrons. The number of nitrogens with one attached hydrogen (secondary N) is 2. The Morgan fingerprint density at radius 2 is 2.17 bits per heavy atom. The van der Waals surface area contributed by atoms with Gasteiger partial charge in [0.2, 0.25) is 0 Å². The van der Waals surface area contributed by atoms with Gasteiger partial charge in [0, 0.05) is 11.9 Å². The van der Waals surface area contributed by atoms with Gasteiger partial charge in [0.15, 0.2) is 0 Å². The Kier molecular flexibility index (Phi) is 3.15. The molecular formula is C11H11N3O3S. The number of aryl methyl sites for hydroxylation is 2. The Hall–Kier alpha value is -2.15. The molecule has 3 N–H and O–H groups in total. The zero-order valence-corrected chi connectivity index (χ0v) is 10.6. The Morgan fingerprint density at radius 3 is 2.72 bits per heavy atom. The molecule has 0 spiro atoms. The van der Waals surface area contributed by atoms with E-state index in [-0.39, 0.29) is 17.2 Å². The summed E-state index contributed by atoms with van der Waals surface area (Å²) in [6.45, 7) is 3.43. The molecule has 0 atom stereocenters. The number of nitrogens with zero attached hydrogens (tertiary/aromatic N) is 1. The van der Waals surface area contributed by atoms with Gasteiger partial charge in [-0.3, -0.25) is 4.79 Å². The van der Waals surface area contributed by atoms with E-state index in [0.29, 0.717) is 10.6 Å². The number of hydrogen-bond acceptors (Lipinski definition) is 4. The molecule has 2 aromatic heterocycles. The van der Waals surface area contributed by atoms with E-state index < -0.39 is 5.97 Å². The van der Waals surface area contributed by atoms with Crippen molar-refractivity contribution >= 4 is 28.9 Å². The fourth-order valence-electron chi connectivity index (χ4n) is 1.55. The number of carbonyl (C=O) groups is 2. The van der Waals surface area contributed by atoms with Crippen molar-refractivity contribution in [2.24, 2.45) is 0 Å². The summed E-state index contributed by atoms with van der Waals surface area (Å²) in [5.41, 5.74) is 0.832. The molecule has 2 rings (SSSR count). The van der Waals surface area contributed by atoms with Gasteiger partial charge in [0.25, 0.3) is 5.91 Å². The summed E-state index contributed by atoms with van der Waals surface area (Å²) in [5.74, 6) is -1.44. The van der Waals surface area contributed by atoms with Gasteiger partial charge in [-0.25, -0.2) is 9.78 Å². The number of amides is 1. The predicted molar refractivity (Wildman–Crippen MR) is 67.3 cm³/mol. The summed E-state index contributed by atoms with van der Waals surface area (Å²) in [5, 5.41) is 12.4. The van der Waals surface area contributed by atoms with Crippen molar-refractivity contribution in [3.63, 3.8) is 0 Å². The van der Waals surface area contributed by atoms with Crippen molar-refractivity contribution < 1.29 is 14.7 Å². The van der Waals surface area contributed by atoms with Crippen molar-refractivity contribution in [2.45, 2.75) is 13.8 Å². The van der Waals surface area contributed by atoms with Crippen LogP contribution in [0, 0.1) is 13.8 Å². The van der Waals surface area contributed by atoms with Gasteiger partial charge < -0.3 is 15.4 Å². The van der Waals surface area contributed by atoms with Crippen LogP contribution < -0.4 is 5.32 Å². The van der Waals surface area contributed by atoms with E-state index in [2.05, 4.69) is 15.3 Å². The molecule has 0 aliphatic heterocycles. The quantitative estimate of drug-likeness (QED) is 0.791. The first-order chi connectivity index (χ1) is 8.49. The number of aromatic nitrogens is 2. The number of thiazole rings is 1. The normalized spacial score (nSPS) is 10.3. The van der Waals surface area contributed by atoms with E-state index in [9.17, 15) is 9.59 Å². The molecule has 94 valence electrons. The highest BCUT2D eigenvalue weighted by atomic mass is 32.1. The third kappa shape index (κ3) is 2.25. The lowest BCUT2D eigenvalue weighted by atomic mass is 10.2. The molecule has 0 bridgehead atoms. The van der Waals surface area contributed by atoms with Gasteiger partial charge >= 0.3 is 5.97 Å². The fraction of sp³-hybridized carbons (Fsp3) is 0.182. The second-order valence-electron chi connectivity index (χ2n) is 3.71. The maximum atomic E-state index is 11.9. The first-order valence-corrected chi connectivity index (χ1v) is 5.95. The Balaban J connectivity index is 2.25. The molecule has 0 saturated carbocycles. The number of carboxylic acid groups (broad SMARTS) is 1. The number of hydrogen-bond donors (Lipinski definition) is 3. The molecule has 0 aliphatic carbocycles. The molecule has 0 unspecified atom stereocenters. The standard InChI is InChI=1S/C11H11N3O3S/c1-5-9(11(16)17)7(3-12-5)14-10(15)8-4-13-6(2)18-8/h3-4,12H,1-2H3,(H,14,15)(H,16,17). The van der Waals surface area contributed by atoms with Gasteiger partial charge in [-0.2, -0.15) is 0 Å². The molecule has 7 heteroatoms. The van der Waals surface area contributed by atoms with Crippen LogP contribution in [0.15, 0.2) is 12.4 Å². The number of aromatic carboxylic acids is 1. The average Bonchev–Trinajstić information content (AvgIpc) is 2.85.